The van der Waals surface area contributed by atoms with E-state index in [0.717, 1.165) is 6.20 Å². The topological polar surface area (TPSA) is 117 Å². The molecule has 2 aromatic rings. The molecule has 10 heteroatoms. The van der Waals surface area contributed by atoms with Gasteiger partial charge in [-0.1, -0.05) is 0 Å². The van der Waals surface area contributed by atoms with Gasteiger partial charge in [0.15, 0.2) is 5.78 Å². The van der Waals surface area contributed by atoms with Crippen LogP contribution in [0.5, 0.6) is 17.2 Å². The van der Waals surface area contributed by atoms with Crippen LogP contribution in [0.3, 0.4) is 0 Å². The van der Waals surface area contributed by atoms with Crippen molar-refractivity contribution in [3.63, 3.8) is 0 Å². The Balaban J connectivity index is 1.96. The number of carbonyl (C=O) groups is 2. The minimum Gasteiger partial charge on any atom is -0.497 e. The van der Waals surface area contributed by atoms with Crippen molar-refractivity contribution in [2.24, 2.45) is 0 Å². The second kappa shape index (κ2) is 9.09. The summed E-state index contributed by atoms with van der Waals surface area (Å²) in [6.45, 7) is 0. The number of nitrogens with one attached hydrogen (secondary N) is 1. The Labute approximate surface area is 179 Å². The highest BCUT2D eigenvalue weighted by Gasteiger charge is 2.34. The van der Waals surface area contributed by atoms with Crippen molar-refractivity contribution in [1.29, 1.82) is 0 Å². The van der Waals surface area contributed by atoms with Gasteiger partial charge in [-0.3, -0.25) is 14.3 Å². The van der Waals surface area contributed by atoms with Gasteiger partial charge in [-0.2, -0.15) is 0 Å². The van der Waals surface area contributed by atoms with Crippen molar-refractivity contribution >= 4 is 21.8 Å². The maximum atomic E-state index is 13.1. The molecule has 164 valence electrons. The minimum atomic E-state index is -3.99. The van der Waals surface area contributed by atoms with E-state index in [0.29, 0.717) is 11.5 Å². The summed E-state index contributed by atoms with van der Waals surface area (Å²) in [6.07, 6.45) is -0.263. The monoisotopic (exact) mass is 447 g/mol. The van der Waals surface area contributed by atoms with Crippen molar-refractivity contribution in [1.82, 2.24) is 4.72 Å². The number of rotatable bonds is 7. The normalized spacial score (nSPS) is 16.8. The first-order valence-electron chi connectivity index (χ1n) is 9.11. The average molecular weight is 447 g/mol. The van der Waals surface area contributed by atoms with Crippen LogP contribution in [0.15, 0.2) is 59.1 Å². The molecule has 0 saturated heterocycles. The number of carbonyl (C=O) groups excluding carboxylic acids is 2. The zero-order chi connectivity index (χ0) is 22.6. The molecule has 9 nitrogen and oxygen atoms in total. The molecular formula is C21H21NO8S. The van der Waals surface area contributed by atoms with Crippen LogP contribution in [0.4, 0.5) is 0 Å². The molecule has 3 rings (SSSR count). The van der Waals surface area contributed by atoms with Gasteiger partial charge < -0.3 is 18.9 Å². The number of esters is 1. The number of fused-ring (bicyclic) bond motifs is 1. The Morgan fingerprint density at radius 2 is 1.71 bits per heavy atom. The van der Waals surface area contributed by atoms with Crippen LogP contribution >= 0.6 is 0 Å². The van der Waals surface area contributed by atoms with E-state index >= 15 is 0 Å². The van der Waals surface area contributed by atoms with E-state index in [9.17, 15) is 18.0 Å². The summed E-state index contributed by atoms with van der Waals surface area (Å²) >= 11 is 0. The summed E-state index contributed by atoms with van der Waals surface area (Å²) in [5.41, 5.74) is 0.151. The number of ether oxygens (including phenoxy) is 4. The molecule has 0 radical (unpaired) electrons. The quantitative estimate of drug-likeness (QED) is 0.506. The Morgan fingerprint density at radius 1 is 1.06 bits per heavy atom. The van der Waals surface area contributed by atoms with Crippen LogP contribution in [0.1, 0.15) is 16.8 Å². The van der Waals surface area contributed by atoms with E-state index in [1.54, 1.807) is 12.1 Å². The van der Waals surface area contributed by atoms with Crippen LogP contribution in [-0.2, 0) is 19.6 Å². The fourth-order valence-electron chi connectivity index (χ4n) is 2.94. The molecule has 31 heavy (non-hydrogen) atoms. The molecule has 1 atom stereocenters. The largest absolute Gasteiger partial charge is 0.497 e. The number of sulfonamides is 1. The zero-order valence-corrected chi connectivity index (χ0v) is 17.9. The first-order valence-corrected chi connectivity index (χ1v) is 10.6. The molecule has 0 amide bonds. The molecule has 1 heterocycles. The lowest BCUT2D eigenvalue weighted by Gasteiger charge is -2.27. The van der Waals surface area contributed by atoms with Crippen molar-refractivity contribution in [2.45, 2.75) is 17.4 Å². The lowest BCUT2D eigenvalue weighted by Crippen LogP contribution is -2.34. The van der Waals surface area contributed by atoms with Gasteiger partial charge in [-0.15, -0.1) is 0 Å². The van der Waals surface area contributed by atoms with Gasteiger partial charge in [0.25, 0.3) is 10.0 Å². The highest BCUT2D eigenvalue weighted by atomic mass is 32.2. The third kappa shape index (κ3) is 4.80. The first-order chi connectivity index (χ1) is 14.8. The molecule has 1 unspecified atom stereocenters. The standard InChI is InChI=1S/C21H21NO8S/c1-27-13-4-7-15(8-5-13)31(25,26)22-12-17-19(11-20(23)29-3)30-18-9-6-14(28-2)10-16(18)21(17)24/h4-10,12,19,22H,11H2,1-3H3/b17-12-. The molecule has 0 aromatic heterocycles. The Kier molecular flexibility index (Phi) is 6.50. The molecule has 1 aliphatic heterocycles. The molecular weight excluding hydrogens is 426 g/mol. The number of benzene rings is 2. The van der Waals surface area contributed by atoms with Crippen LogP contribution in [0, 0.1) is 0 Å². The van der Waals surface area contributed by atoms with E-state index in [-0.39, 0.29) is 28.2 Å². The van der Waals surface area contributed by atoms with Gasteiger partial charge in [-0.25, -0.2) is 8.42 Å². The number of hydrogen-bond acceptors (Lipinski definition) is 8. The number of Topliss-reactive ketones (excluding diaryl/α,β-unsaturated/α-hetero) is 1. The third-order valence-corrected chi connectivity index (χ3v) is 5.95. The number of ketones is 1. The second-order valence-electron chi connectivity index (χ2n) is 6.47. The number of hydrogen-bond donors (Lipinski definition) is 1. The van der Waals surface area contributed by atoms with Gasteiger partial charge in [0, 0.05) is 6.20 Å². The maximum absolute atomic E-state index is 13.1. The predicted molar refractivity (Wildman–Crippen MR) is 110 cm³/mol. The molecule has 0 spiro atoms. The highest BCUT2D eigenvalue weighted by Crippen LogP contribution is 2.34. The summed E-state index contributed by atoms with van der Waals surface area (Å²) < 4.78 is 48.2. The summed E-state index contributed by atoms with van der Waals surface area (Å²) in [5, 5.41) is 0. The van der Waals surface area contributed by atoms with E-state index in [1.165, 1.54) is 51.7 Å². The van der Waals surface area contributed by atoms with E-state index in [1.807, 2.05) is 0 Å². The van der Waals surface area contributed by atoms with Gasteiger partial charge in [0.1, 0.15) is 23.4 Å². The summed E-state index contributed by atoms with van der Waals surface area (Å²) in [6, 6.07) is 10.4. The van der Waals surface area contributed by atoms with Gasteiger partial charge >= 0.3 is 5.97 Å². The van der Waals surface area contributed by atoms with Gasteiger partial charge in [0.05, 0.1) is 43.8 Å². The maximum Gasteiger partial charge on any atom is 0.309 e. The van der Waals surface area contributed by atoms with Crippen molar-refractivity contribution in [2.75, 3.05) is 21.3 Å². The zero-order valence-electron chi connectivity index (χ0n) is 17.1. The third-order valence-electron chi connectivity index (χ3n) is 4.63. The second-order valence-corrected chi connectivity index (χ2v) is 8.19. The fraction of sp³-hybridized carbons (Fsp3) is 0.238. The SMILES string of the molecule is COC(=O)CC1Oc2ccc(OC)cc2C(=O)/C1=C\NS(=O)(=O)c1ccc(OC)cc1. The summed E-state index contributed by atoms with van der Waals surface area (Å²) in [4.78, 5) is 24.9. The van der Waals surface area contributed by atoms with Crippen molar-refractivity contribution in [3.8, 4) is 17.2 Å². The summed E-state index contributed by atoms with van der Waals surface area (Å²) in [7, 11) is 0.145. The van der Waals surface area contributed by atoms with Crippen LogP contribution in [-0.4, -0.2) is 47.6 Å². The van der Waals surface area contributed by atoms with E-state index < -0.39 is 27.9 Å². The lowest BCUT2D eigenvalue weighted by atomic mass is 9.94. The first kappa shape index (κ1) is 22.2. The smallest absolute Gasteiger partial charge is 0.309 e. The molecule has 0 saturated carbocycles. The molecule has 0 aliphatic carbocycles. The molecule has 2 aromatic carbocycles. The van der Waals surface area contributed by atoms with E-state index in [4.69, 9.17) is 14.2 Å². The Bertz CT molecular complexity index is 1120. The average Bonchev–Trinajstić information content (AvgIpc) is 2.78. The lowest BCUT2D eigenvalue weighted by molar-refractivity contribution is -0.142. The molecule has 0 fully saturated rings. The fourth-order valence-corrected chi connectivity index (χ4v) is 3.86. The molecule has 1 aliphatic rings. The highest BCUT2D eigenvalue weighted by molar-refractivity contribution is 7.89. The van der Waals surface area contributed by atoms with Crippen LogP contribution in [0.25, 0.3) is 0 Å². The minimum absolute atomic E-state index is 0.0269. The van der Waals surface area contributed by atoms with Crippen molar-refractivity contribution < 1.29 is 37.0 Å². The summed E-state index contributed by atoms with van der Waals surface area (Å²) in [5.74, 6) is 0.0807. The Hall–Kier alpha value is -3.53. The molecule has 0 bridgehead atoms. The number of methoxy groups -OCH3 is 3. The van der Waals surface area contributed by atoms with Crippen LogP contribution in [0.2, 0.25) is 0 Å². The Morgan fingerprint density at radius 3 is 2.32 bits per heavy atom. The van der Waals surface area contributed by atoms with E-state index in [2.05, 4.69) is 9.46 Å². The molecule has 1 N–H and O–H groups in total. The van der Waals surface area contributed by atoms with Crippen LogP contribution < -0.4 is 18.9 Å². The predicted octanol–water partition coefficient (Wildman–Crippen LogP) is 2.07. The van der Waals surface area contributed by atoms with Crippen molar-refractivity contribution in [3.05, 3.63) is 59.8 Å². The van der Waals surface area contributed by atoms with Gasteiger partial charge in [0.2, 0.25) is 0 Å². The van der Waals surface area contributed by atoms with Gasteiger partial charge in [-0.05, 0) is 42.5 Å².